The van der Waals surface area contributed by atoms with Gasteiger partial charge in [-0.3, -0.25) is 9.59 Å². The standard InChI is InChI=1S/C23H23F3N6O3S/c1-12(30-20(33)15-7-14(13-3-4-13)8-17(9-15)35-23(24,25)26)19-28-11-29-32(19)22-27-10-18(36-22)21(34)31(2)16-5-6-16/h7-13,16H,3-6H2,1-2H3,(H,30,33)/t12-/m0/s1. The maximum absolute atomic E-state index is 13.0. The molecule has 0 spiro atoms. The van der Waals surface area contributed by atoms with Crippen LogP contribution >= 0.6 is 11.3 Å². The third-order valence-corrected chi connectivity index (χ3v) is 7.04. The van der Waals surface area contributed by atoms with Gasteiger partial charge in [0.1, 0.15) is 17.0 Å². The first-order valence-corrected chi connectivity index (χ1v) is 12.3. The number of hydrogen-bond donors (Lipinski definition) is 1. The number of carbonyl (C=O) groups excluding carboxylic acids is 2. The van der Waals surface area contributed by atoms with Crippen molar-refractivity contribution in [1.82, 2.24) is 30.0 Å². The van der Waals surface area contributed by atoms with Gasteiger partial charge in [0, 0.05) is 18.7 Å². The zero-order valence-corrected chi connectivity index (χ0v) is 20.3. The minimum absolute atomic E-state index is 0.0572. The molecule has 2 fully saturated rings. The topological polar surface area (TPSA) is 102 Å². The molecule has 190 valence electrons. The Morgan fingerprint density at radius 3 is 2.61 bits per heavy atom. The fraction of sp³-hybridized carbons (Fsp3) is 0.435. The summed E-state index contributed by atoms with van der Waals surface area (Å²) in [5, 5.41) is 7.35. The number of amides is 2. The van der Waals surface area contributed by atoms with E-state index in [4.69, 9.17) is 0 Å². The van der Waals surface area contributed by atoms with Crippen molar-refractivity contribution in [2.24, 2.45) is 0 Å². The van der Waals surface area contributed by atoms with E-state index in [2.05, 4.69) is 25.1 Å². The zero-order valence-electron chi connectivity index (χ0n) is 19.5. The molecule has 1 aromatic carbocycles. The molecule has 2 amide bonds. The Kier molecular flexibility index (Phi) is 6.18. The molecule has 0 saturated heterocycles. The minimum Gasteiger partial charge on any atom is -0.406 e. The molecular weight excluding hydrogens is 497 g/mol. The maximum atomic E-state index is 13.0. The van der Waals surface area contributed by atoms with E-state index in [1.54, 1.807) is 24.9 Å². The van der Waals surface area contributed by atoms with Crippen LogP contribution in [0.2, 0.25) is 0 Å². The van der Waals surface area contributed by atoms with Crippen molar-refractivity contribution in [3.63, 3.8) is 0 Å². The predicted octanol–water partition coefficient (Wildman–Crippen LogP) is 4.23. The molecule has 1 N–H and O–H groups in total. The van der Waals surface area contributed by atoms with Crippen molar-refractivity contribution in [2.45, 2.75) is 57.0 Å². The lowest BCUT2D eigenvalue weighted by molar-refractivity contribution is -0.274. The number of hydrogen-bond acceptors (Lipinski definition) is 7. The fourth-order valence-electron chi connectivity index (χ4n) is 3.90. The largest absolute Gasteiger partial charge is 0.573 e. The monoisotopic (exact) mass is 520 g/mol. The van der Waals surface area contributed by atoms with Crippen molar-refractivity contribution in [1.29, 1.82) is 0 Å². The Hall–Kier alpha value is -3.48. The molecule has 5 rings (SSSR count). The highest BCUT2D eigenvalue weighted by atomic mass is 32.1. The molecule has 2 heterocycles. The van der Waals surface area contributed by atoms with Crippen molar-refractivity contribution in [3.8, 4) is 10.9 Å². The number of ether oxygens (including phenoxy) is 1. The van der Waals surface area contributed by atoms with E-state index in [0.29, 0.717) is 21.4 Å². The highest BCUT2D eigenvalue weighted by Gasteiger charge is 2.33. The summed E-state index contributed by atoms with van der Waals surface area (Å²) < 4.78 is 43.9. The van der Waals surface area contributed by atoms with Crippen LogP contribution in [0, 0.1) is 0 Å². The van der Waals surface area contributed by atoms with Gasteiger partial charge in [-0.2, -0.15) is 9.78 Å². The molecule has 36 heavy (non-hydrogen) atoms. The summed E-state index contributed by atoms with van der Waals surface area (Å²) in [4.78, 5) is 36.3. The first-order valence-electron chi connectivity index (χ1n) is 11.4. The van der Waals surface area contributed by atoms with Gasteiger partial charge in [-0.05, 0) is 62.3 Å². The normalized spacial score (nSPS) is 16.5. The van der Waals surface area contributed by atoms with Crippen LogP contribution < -0.4 is 10.1 Å². The second-order valence-corrected chi connectivity index (χ2v) is 10.0. The molecular formula is C23H23F3N6O3S. The molecule has 0 aliphatic heterocycles. The van der Waals surface area contributed by atoms with E-state index in [9.17, 15) is 22.8 Å². The Balaban J connectivity index is 1.33. The van der Waals surface area contributed by atoms with Crippen LogP contribution in [-0.2, 0) is 0 Å². The smallest absolute Gasteiger partial charge is 0.406 e. The summed E-state index contributed by atoms with van der Waals surface area (Å²) in [6.45, 7) is 1.68. The number of thiazole rings is 1. The number of alkyl halides is 3. The van der Waals surface area contributed by atoms with Gasteiger partial charge in [-0.25, -0.2) is 9.97 Å². The van der Waals surface area contributed by atoms with E-state index < -0.39 is 24.1 Å². The molecule has 0 radical (unpaired) electrons. The number of rotatable bonds is 8. The van der Waals surface area contributed by atoms with Crippen molar-refractivity contribution < 1.29 is 27.5 Å². The molecule has 2 saturated carbocycles. The lowest BCUT2D eigenvalue weighted by Crippen LogP contribution is -2.29. The Morgan fingerprint density at radius 1 is 1.19 bits per heavy atom. The van der Waals surface area contributed by atoms with Crippen molar-refractivity contribution in [3.05, 3.63) is 52.6 Å². The summed E-state index contributed by atoms with van der Waals surface area (Å²) in [5.74, 6) is -0.639. The second kappa shape index (κ2) is 9.19. The maximum Gasteiger partial charge on any atom is 0.573 e. The molecule has 3 aromatic rings. The molecule has 1 atom stereocenters. The first kappa shape index (κ1) is 24.2. The summed E-state index contributed by atoms with van der Waals surface area (Å²) in [6.07, 6.45) is 1.62. The summed E-state index contributed by atoms with van der Waals surface area (Å²) in [6, 6.07) is 3.59. The molecule has 2 aromatic heterocycles. The van der Waals surface area contributed by atoms with E-state index in [0.717, 1.165) is 43.1 Å². The minimum atomic E-state index is -4.86. The SMILES string of the molecule is C[C@H](NC(=O)c1cc(OC(F)(F)F)cc(C2CC2)c1)c1ncnn1-c1ncc(C(=O)N(C)C2CC2)s1. The molecule has 2 aliphatic rings. The number of aromatic nitrogens is 4. The number of halogens is 3. The average Bonchev–Trinajstić information content (AvgIpc) is 3.74. The van der Waals surface area contributed by atoms with Gasteiger partial charge in [0.25, 0.3) is 11.8 Å². The van der Waals surface area contributed by atoms with Crippen LogP contribution in [0.4, 0.5) is 13.2 Å². The summed E-state index contributed by atoms with van der Waals surface area (Å²) in [5.41, 5.74) is 0.690. The van der Waals surface area contributed by atoms with Gasteiger partial charge in [-0.15, -0.1) is 13.2 Å². The van der Waals surface area contributed by atoms with Gasteiger partial charge >= 0.3 is 6.36 Å². The number of nitrogens with one attached hydrogen (secondary N) is 1. The fourth-order valence-corrected chi connectivity index (χ4v) is 4.76. The Bertz CT molecular complexity index is 1300. The average molecular weight is 521 g/mol. The van der Waals surface area contributed by atoms with E-state index in [1.807, 2.05) is 0 Å². The zero-order chi connectivity index (χ0) is 25.6. The van der Waals surface area contributed by atoms with Crippen molar-refractivity contribution in [2.75, 3.05) is 7.05 Å². The van der Waals surface area contributed by atoms with E-state index in [1.165, 1.54) is 23.3 Å². The van der Waals surface area contributed by atoms with Gasteiger partial charge in [0.15, 0.2) is 5.82 Å². The predicted molar refractivity (Wildman–Crippen MR) is 123 cm³/mol. The van der Waals surface area contributed by atoms with Crippen LogP contribution in [0.1, 0.15) is 76.0 Å². The van der Waals surface area contributed by atoms with E-state index in [-0.39, 0.29) is 23.4 Å². The third-order valence-electron chi connectivity index (χ3n) is 6.08. The molecule has 2 aliphatic carbocycles. The lowest BCUT2D eigenvalue weighted by atomic mass is 10.1. The van der Waals surface area contributed by atoms with Crippen LogP contribution in [0.15, 0.2) is 30.7 Å². The number of carbonyl (C=O) groups is 2. The van der Waals surface area contributed by atoms with Crippen LogP contribution in [-0.4, -0.2) is 55.9 Å². The second-order valence-electron chi connectivity index (χ2n) is 8.99. The quantitative estimate of drug-likeness (QED) is 0.477. The third kappa shape index (κ3) is 5.35. The Morgan fingerprint density at radius 2 is 1.94 bits per heavy atom. The van der Waals surface area contributed by atoms with Gasteiger partial charge in [0.05, 0.1) is 12.2 Å². The van der Waals surface area contributed by atoms with Crippen molar-refractivity contribution >= 4 is 23.2 Å². The number of benzene rings is 1. The highest BCUT2D eigenvalue weighted by molar-refractivity contribution is 7.16. The number of nitrogens with zero attached hydrogens (tertiary/aromatic N) is 5. The summed E-state index contributed by atoms with van der Waals surface area (Å²) >= 11 is 1.16. The Labute approximate surface area is 208 Å². The van der Waals surface area contributed by atoms with Crippen LogP contribution in [0.3, 0.4) is 0 Å². The van der Waals surface area contributed by atoms with Gasteiger partial charge in [-0.1, -0.05) is 11.3 Å². The van der Waals surface area contributed by atoms with Crippen LogP contribution in [0.5, 0.6) is 5.75 Å². The van der Waals surface area contributed by atoms with Crippen LogP contribution in [0.25, 0.3) is 5.13 Å². The van der Waals surface area contributed by atoms with E-state index >= 15 is 0 Å². The molecule has 0 bridgehead atoms. The molecule has 9 nitrogen and oxygen atoms in total. The summed E-state index contributed by atoms with van der Waals surface area (Å²) in [7, 11) is 1.77. The lowest BCUT2D eigenvalue weighted by Gasteiger charge is -2.16. The van der Waals surface area contributed by atoms with Gasteiger partial charge in [0.2, 0.25) is 5.13 Å². The van der Waals surface area contributed by atoms with Gasteiger partial charge < -0.3 is 15.0 Å². The highest BCUT2D eigenvalue weighted by Crippen LogP contribution is 2.42. The first-order chi connectivity index (χ1) is 17.1. The molecule has 13 heteroatoms. The molecule has 0 unspecified atom stereocenters.